The van der Waals surface area contributed by atoms with Crippen molar-refractivity contribution in [3.63, 3.8) is 0 Å². The number of nitrogens with one attached hydrogen (secondary N) is 2. The Labute approximate surface area is 161 Å². The fourth-order valence-corrected chi connectivity index (χ4v) is 3.49. The first kappa shape index (κ1) is 19.0. The highest BCUT2D eigenvalue weighted by Crippen LogP contribution is 2.26. The average Bonchev–Trinajstić information content (AvgIpc) is 3.09. The van der Waals surface area contributed by atoms with Crippen molar-refractivity contribution in [2.45, 2.75) is 30.7 Å². The highest BCUT2D eigenvalue weighted by atomic mass is 32.2. The summed E-state index contributed by atoms with van der Waals surface area (Å²) in [5, 5.41) is 3.33. The first-order chi connectivity index (χ1) is 13.1. The highest BCUT2D eigenvalue weighted by molar-refractivity contribution is 8.00. The van der Waals surface area contributed by atoms with Crippen molar-refractivity contribution >= 4 is 40.4 Å². The molecule has 0 aliphatic rings. The van der Waals surface area contributed by atoms with Gasteiger partial charge in [0.1, 0.15) is 0 Å². The summed E-state index contributed by atoms with van der Waals surface area (Å²) in [6.07, 6.45) is 0.661. The van der Waals surface area contributed by atoms with E-state index in [2.05, 4.69) is 15.3 Å². The zero-order valence-corrected chi connectivity index (χ0v) is 16.0. The molecule has 3 rings (SSSR count). The molecule has 1 atom stereocenters. The van der Waals surface area contributed by atoms with Crippen LogP contribution in [0.5, 0.6) is 0 Å². The molecule has 0 spiro atoms. The molecule has 0 aliphatic heterocycles. The average molecular weight is 383 g/mol. The second-order valence-electron chi connectivity index (χ2n) is 5.86. The van der Waals surface area contributed by atoms with Gasteiger partial charge in [-0.05, 0) is 49.7 Å². The van der Waals surface area contributed by atoms with Crippen molar-refractivity contribution in [3.05, 3.63) is 54.1 Å². The van der Waals surface area contributed by atoms with Gasteiger partial charge in [0.15, 0.2) is 5.16 Å². The van der Waals surface area contributed by atoms with Crippen molar-refractivity contribution in [3.8, 4) is 0 Å². The number of amides is 1. The van der Waals surface area contributed by atoms with Gasteiger partial charge in [0.2, 0.25) is 5.91 Å². The molecule has 27 heavy (non-hydrogen) atoms. The van der Waals surface area contributed by atoms with E-state index in [0.29, 0.717) is 24.3 Å². The molecule has 0 fully saturated rings. The van der Waals surface area contributed by atoms with E-state index in [1.807, 2.05) is 31.2 Å². The van der Waals surface area contributed by atoms with Crippen molar-refractivity contribution in [1.29, 1.82) is 0 Å². The maximum atomic E-state index is 12.6. The van der Waals surface area contributed by atoms with Crippen LogP contribution in [0, 0.1) is 0 Å². The second kappa shape index (κ2) is 8.73. The number of carbonyl (C=O) groups excluding carboxylic acids is 2. The lowest BCUT2D eigenvalue weighted by atomic mass is 10.2. The minimum atomic E-state index is -0.373. The lowest BCUT2D eigenvalue weighted by molar-refractivity contribution is -0.115. The third-order valence-electron chi connectivity index (χ3n) is 3.95. The quantitative estimate of drug-likeness (QED) is 0.471. The van der Waals surface area contributed by atoms with Crippen molar-refractivity contribution in [1.82, 2.24) is 9.97 Å². The Morgan fingerprint density at radius 3 is 2.56 bits per heavy atom. The lowest BCUT2D eigenvalue weighted by Gasteiger charge is -2.13. The number of imidazole rings is 1. The Kier molecular flexibility index (Phi) is 6.13. The van der Waals surface area contributed by atoms with Gasteiger partial charge in [-0.3, -0.25) is 4.79 Å². The maximum absolute atomic E-state index is 12.6. The predicted molar refractivity (Wildman–Crippen MR) is 107 cm³/mol. The number of aromatic nitrogens is 2. The summed E-state index contributed by atoms with van der Waals surface area (Å²) < 4.78 is 4.96. The normalized spacial score (nSPS) is 11.9. The molecule has 1 amide bonds. The molecule has 2 N–H and O–H groups in total. The van der Waals surface area contributed by atoms with Gasteiger partial charge in [-0.25, -0.2) is 9.78 Å². The lowest BCUT2D eigenvalue weighted by Crippen LogP contribution is -2.24. The zero-order valence-electron chi connectivity index (χ0n) is 15.2. The first-order valence-electron chi connectivity index (χ1n) is 8.80. The third-order valence-corrected chi connectivity index (χ3v) is 5.20. The second-order valence-corrected chi connectivity index (χ2v) is 7.05. The van der Waals surface area contributed by atoms with E-state index >= 15 is 0 Å². The molecule has 1 aromatic heterocycles. The number of rotatable bonds is 7. The van der Waals surface area contributed by atoms with Gasteiger partial charge in [0.25, 0.3) is 0 Å². The van der Waals surface area contributed by atoms with E-state index in [-0.39, 0.29) is 17.1 Å². The van der Waals surface area contributed by atoms with Crippen LogP contribution in [-0.4, -0.2) is 33.7 Å². The van der Waals surface area contributed by atoms with Crippen LogP contribution in [0.2, 0.25) is 0 Å². The van der Waals surface area contributed by atoms with Crippen LogP contribution in [-0.2, 0) is 9.53 Å². The van der Waals surface area contributed by atoms with Crippen LogP contribution in [0.15, 0.2) is 53.7 Å². The Morgan fingerprint density at radius 2 is 1.89 bits per heavy atom. The molecule has 3 aromatic rings. The number of nitrogens with zero attached hydrogens (tertiary/aromatic N) is 1. The monoisotopic (exact) mass is 383 g/mol. The summed E-state index contributed by atoms with van der Waals surface area (Å²) in [6.45, 7) is 4.05. The number of H-pyrrole nitrogens is 1. The predicted octanol–water partition coefficient (Wildman–Crippen LogP) is 4.25. The van der Waals surface area contributed by atoms with Gasteiger partial charge in [-0.2, -0.15) is 0 Å². The molecular weight excluding hydrogens is 362 g/mol. The van der Waals surface area contributed by atoms with Crippen LogP contribution in [0.4, 0.5) is 5.69 Å². The molecule has 2 aromatic carbocycles. The third kappa shape index (κ3) is 4.68. The SMILES string of the molecule is CCOC(=O)c1ccc(NC(=O)[C@@H](CC)Sc2nc3ccccc3[nH]2)cc1. The number of aromatic amines is 1. The van der Waals surface area contributed by atoms with Crippen LogP contribution in [0.1, 0.15) is 30.6 Å². The van der Waals surface area contributed by atoms with Crippen molar-refractivity contribution in [2.75, 3.05) is 11.9 Å². The molecule has 140 valence electrons. The Bertz CT molecular complexity index is 904. The first-order valence-corrected chi connectivity index (χ1v) is 9.68. The standard InChI is InChI=1S/C20H21N3O3S/c1-3-17(27-20-22-15-7-5-6-8-16(15)23-20)18(24)21-14-11-9-13(10-12-14)19(25)26-4-2/h5-12,17H,3-4H2,1-2H3,(H,21,24)(H,22,23)/t17-/m1/s1. The topological polar surface area (TPSA) is 84.1 Å². The van der Waals surface area contributed by atoms with E-state index in [9.17, 15) is 9.59 Å². The van der Waals surface area contributed by atoms with E-state index in [1.54, 1.807) is 31.2 Å². The van der Waals surface area contributed by atoms with Gasteiger partial charge in [0.05, 0.1) is 28.5 Å². The fourth-order valence-electron chi connectivity index (χ4n) is 2.57. The molecule has 0 aliphatic carbocycles. The summed E-state index contributed by atoms with van der Waals surface area (Å²) in [5.74, 6) is -0.478. The van der Waals surface area contributed by atoms with Gasteiger partial charge in [-0.15, -0.1) is 0 Å². The summed E-state index contributed by atoms with van der Waals surface area (Å²) in [7, 11) is 0. The summed E-state index contributed by atoms with van der Waals surface area (Å²) in [4.78, 5) is 32.1. The molecule has 0 saturated heterocycles. The number of para-hydroxylation sites is 2. The van der Waals surface area contributed by atoms with Crippen LogP contribution in [0.3, 0.4) is 0 Å². The summed E-state index contributed by atoms with van der Waals surface area (Å²) in [5.41, 5.74) is 2.92. The molecule has 6 nitrogen and oxygen atoms in total. The van der Waals surface area contributed by atoms with Crippen molar-refractivity contribution in [2.24, 2.45) is 0 Å². The van der Waals surface area contributed by atoms with Gasteiger partial charge in [0, 0.05) is 5.69 Å². The van der Waals surface area contributed by atoms with Crippen LogP contribution in [0.25, 0.3) is 11.0 Å². The van der Waals surface area contributed by atoms with Gasteiger partial charge >= 0.3 is 5.97 Å². The van der Waals surface area contributed by atoms with E-state index < -0.39 is 0 Å². The fraction of sp³-hybridized carbons (Fsp3) is 0.250. The molecule has 0 saturated carbocycles. The number of anilines is 1. The number of fused-ring (bicyclic) bond motifs is 1. The van der Waals surface area contributed by atoms with Crippen LogP contribution < -0.4 is 5.32 Å². The number of hydrogen-bond donors (Lipinski definition) is 2. The largest absolute Gasteiger partial charge is 0.462 e. The van der Waals surface area contributed by atoms with E-state index in [4.69, 9.17) is 4.74 Å². The minimum Gasteiger partial charge on any atom is -0.462 e. The van der Waals surface area contributed by atoms with E-state index in [0.717, 1.165) is 16.2 Å². The van der Waals surface area contributed by atoms with E-state index in [1.165, 1.54) is 11.8 Å². The molecular formula is C20H21N3O3S. The van der Waals surface area contributed by atoms with Crippen LogP contribution >= 0.6 is 11.8 Å². The number of benzene rings is 2. The summed E-state index contributed by atoms with van der Waals surface area (Å²) >= 11 is 1.40. The number of hydrogen-bond acceptors (Lipinski definition) is 5. The minimum absolute atomic E-state index is 0.105. The Balaban J connectivity index is 1.65. The molecule has 1 heterocycles. The summed E-state index contributed by atoms with van der Waals surface area (Å²) in [6, 6.07) is 14.4. The number of ether oxygens (including phenoxy) is 1. The highest BCUT2D eigenvalue weighted by Gasteiger charge is 2.20. The number of thioether (sulfide) groups is 1. The Morgan fingerprint density at radius 1 is 1.15 bits per heavy atom. The molecule has 0 bridgehead atoms. The molecule has 0 unspecified atom stereocenters. The number of esters is 1. The van der Waals surface area contributed by atoms with Gasteiger partial charge < -0.3 is 15.0 Å². The molecule has 0 radical (unpaired) electrons. The zero-order chi connectivity index (χ0) is 19.2. The Hall–Kier alpha value is -2.80. The smallest absolute Gasteiger partial charge is 0.338 e. The van der Waals surface area contributed by atoms with Gasteiger partial charge in [-0.1, -0.05) is 30.8 Å². The molecule has 7 heteroatoms. The maximum Gasteiger partial charge on any atom is 0.338 e. The number of carbonyl (C=O) groups is 2. The van der Waals surface area contributed by atoms with Crippen molar-refractivity contribution < 1.29 is 14.3 Å².